The normalized spacial score (nSPS) is 12.3. The van der Waals surface area contributed by atoms with E-state index in [0.717, 1.165) is 6.20 Å². The second-order valence-corrected chi connectivity index (χ2v) is 3.80. The first-order valence-corrected chi connectivity index (χ1v) is 4.77. The summed E-state index contributed by atoms with van der Waals surface area (Å²) >= 11 is 1.68. The standard InChI is InChI=1S/C8H4F3IN2/c9-8(10,11)5-3-14-7-4(6(5)12)1-2-13-7/h1-3H,(H,13,14). The van der Waals surface area contributed by atoms with Gasteiger partial charge >= 0.3 is 6.18 Å². The van der Waals surface area contributed by atoms with Crippen LogP contribution < -0.4 is 0 Å². The second kappa shape index (κ2) is 3.11. The average molecular weight is 312 g/mol. The highest BCUT2D eigenvalue weighted by Crippen LogP contribution is 2.34. The lowest BCUT2D eigenvalue weighted by molar-refractivity contribution is -0.138. The van der Waals surface area contributed by atoms with Crippen molar-refractivity contribution < 1.29 is 13.2 Å². The molecule has 0 spiro atoms. The first kappa shape index (κ1) is 9.75. The van der Waals surface area contributed by atoms with E-state index in [9.17, 15) is 13.2 Å². The molecule has 2 aromatic rings. The minimum atomic E-state index is -4.34. The molecule has 0 saturated heterocycles. The van der Waals surface area contributed by atoms with Gasteiger partial charge in [0.05, 0.1) is 5.56 Å². The zero-order valence-electron chi connectivity index (χ0n) is 6.69. The van der Waals surface area contributed by atoms with Crippen LogP contribution in [0.25, 0.3) is 11.0 Å². The maximum absolute atomic E-state index is 12.4. The predicted octanol–water partition coefficient (Wildman–Crippen LogP) is 3.19. The topological polar surface area (TPSA) is 28.7 Å². The van der Waals surface area contributed by atoms with Gasteiger partial charge in [0.15, 0.2) is 0 Å². The van der Waals surface area contributed by atoms with Crippen molar-refractivity contribution in [3.8, 4) is 0 Å². The molecule has 2 nitrogen and oxygen atoms in total. The van der Waals surface area contributed by atoms with Crippen molar-refractivity contribution in [3.63, 3.8) is 0 Å². The van der Waals surface area contributed by atoms with Gasteiger partial charge in [-0.05, 0) is 28.7 Å². The molecule has 0 unspecified atom stereocenters. The summed E-state index contributed by atoms with van der Waals surface area (Å²) in [5.74, 6) is 0. The van der Waals surface area contributed by atoms with Gasteiger partial charge in [0.2, 0.25) is 0 Å². The van der Waals surface area contributed by atoms with Gasteiger partial charge in [0.25, 0.3) is 0 Å². The summed E-state index contributed by atoms with van der Waals surface area (Å²) in [6.07, 6.45) is -1.92. The van der Waals surface area contributed by atoms with Crippen LogP contribution in [0.2, 0.25) is 0 Å². The van der Waals surface area contributed by atoms with E-state index in [4.69, 9.17) is 0 Å². The van der Waals surface area contributed by atoms with Crippen molar-refractivity contribution in [1.29, 1.82) is 0 Å². The van der Waals surface area contributed by atoms with Crippen molar-refractivity contribution in [2.45, 2.75) is 6.18 Å². The second-order valence-electron chi connectivity index (χ2n) is 2.72. The number of H-pyrrole nitrogens is 1. The molecule has 0 aromatic carbocycles. The quantitative estimate of drug-likeness (QED) is 0.744. The van der Waals surface area contributed by atoms with Gasteiger partial charge in [-0.25, -0.2) is 4.98 Å². The molecule has 74 valence electrons. The highest BCUT2D eigenvalue weighted by Gasteiger charge is 2.34. The van der Waals surface area contributed by atoms with E-state index in [1.807, 2.05) is 0 Å². The molecule has 0 amide bonds. The van der Waals surface area contributed by atoms with Crippen molar-refractivity contribution >= 4 is 33.6 Å². The van der Waals surface area contributed by atoms with Gasteiger partial charge in [-0.3, -0.25) is 0 Å². The van der Waals surface area contributed by atoms with Crippen LogP contribution in [0.15, 0.2) is 18.5 Å². The third kappa shape index (κ3) is 1.47. The number of pyridine rings is 1. The molecule has 2 heterocycles. The number of halogens is 4. The van der Waals surface area contributed by atoms with Crippen LogP contribution in [0.1, 0.15) is 5.56 Å². The van der Waals surface area contributed by atoms with E-state index < -0.39 is 11.7 Å². The smallest absolute Gasteiger partial charge is 0.346 e. The fourth-order valence-electron chi connectivity index (χ4n) is 1.17. The lowest BCUT2D eigenvalue weighted by Crippen LogP contribution is -2.08. The number of aromatic amines is 1. The Labute approximate surface area is 90.7 Å². The number of nitrogens with zero attached hydrogens (tertiary/aromatic N) is 1. The van der Waals surface area contributed by atoms with Crippen LogP contribution in [-0.4, -0.2) is 9.97 Å². The van der Waals surface area contributed by atoms with Crippen molar-refractivity contribution in [2.24, 2.45) is 0 Å². The minimum absolute atomic E-state index is 0.182. The van der Waals surface area contributed by atoms with E-state index in [0.29, 0.717) is 11.0 Å². The zero-order valence-corrected chi connectivity index (χ0v) is 8.85. The Hall–Kier alpha value is -0.790. The minimum Gasteiger partial charge on any atom is -0.346 e. The van der Waals surface area contributed by atoms with Crippen LogP contribution in [0, 0.1) is 3.57 Å². The van der Waals surface area contributed by atoms with Crippen LogP contribution in [-0.2, 0) is 6.18 Å². The molecule has 1 N–H and O–H groups in total. The van der Waals surface area contributed by atoms with E-state index in [1.54, 1.807) is 34.9 Å². The zero-order chi connectivity index (χ0) is 10.3. The van der Waals surface area contributed by atoms with E-state index >= 15 is 0 Å². The molecule has 0 radical (unpaired) electrons. The molecular weight excluding hydrogens is 308 g/mol. The third-order valence-electron chi connectivity index (χ3n) is 1.83. The van der Waals surface area contributed by atoms with Crippen molar-refractivity contribution in [2.75, 3.05) is 0 Å². The average Bonchev–Trinajstić information content (AvgIpc) is 2.50. The summed E-state index contributed by atoms with van der Waals surface area (Å²) in [7, 11) is 0. The van der Waals surface area contributed by atoms with Crippen LogP contribution >= 0.6 is 22.6 Å². The predicted molar refractivity (Wildman–Crippen MR) is 53.8 cm³/mol. The van der Waals surface area contributed by atoms with E-state index in [1.165, 1.54) is 0 Å². The Morgan fingerprint density at radius 3 is 2.71 bits per heavy atom. The number of nitrogens with one attached hydrogen (secondary N) is 1. The number of aromatic nitrogens is 2. The summed E-state index contributed by atoms with van der Waals surface area (Å²) in [5.41, 5.74) is -0.215. The van der Waals surface area contributed by atoms with Crippen molar-refractivity contribution in [1.82, 2.24) is 9.97 Å². The Kier molecular flexibility index (Phi) is 2.17. The third-order valence-corrected chi connectivity index (χ3v) is 2.99. The number of hydrogen-bond donors (Lipinski definition) is 1. The van der Waals surface area contributed by atoms with E-state index in [2.05, 4.69) is 9.97 Å². The SMILES string of the molecule is FC(F)(F)c1cnc2[nH]ccc2c1I. The van der Waals surface area contributed by atoms with Gasteiger partial charge < -0.3 is 4.98 Å². The van der Waals surface area contributed by atoms with Crippen LogP contribution in [0.3, 0.4) is 0 Å². The highest BCUT2D eigenvalue weighted by molar-refractivity contribution is 14.1. The lowest BCUT2D eigenvalue weighted by atomic mass is 10.2. The Morgan fingerprint density at radius 1 is 1.36 bits per heavy atom. The summed E-state index contributed by atoms with van der Waals surface area (Å²) in [6.45, 7) is 0. The molecule has 2 rings (SSSR count). The molecule has 14 heavy (non-hydrogen) atoms. The highest BCUT2D eigenvalue weighted by atomic mass is 127. The Morgan fingerprint density at radius 2 is 2.07 bits per heavy atom. The summed E-state index contributed by atoms with van der Waals surface area (Å²) < 4.78 is 37.5. The lowest BCUT2D eigenvalue weighted by Gasteiger charge is -2.08. The number of fused-ring (bicyclic) bond motifs is 1. The Bertz CT molecular complexity index is 475. The number of alkyl halides is 3. The summed E-state index contributed by atoms with van der Waals surface area (Å²) in [5, 5.41) is 0.500. The molecule has 0 saturated carbocycles. The first-order chi connectivity index (χ1) is 6.50. The van der Waals surface area contributed by atoms with Crippen LogP contribution in [0.4, 0.5) is 13.2 Å². The van der Waals surface area contributed by atoms with E-state index in [-0.39, 0.29) is 3.57 Å². The summed E-state index contributed by atoms with van der Waals surface area (Å²) in [6, 6.07) is 1.58. The molecule has 0 aliphatic carbocycles. The molecule has 0 atom stereocenters. The number of rotatable bonds is 0. The largest absolute Gasteiger partial charge is 0.418 e. The van der Waals surface area contributed by atoms with Gasteiger partial charge in [-0.15, -0.1) is 0 Å². The maximum Gasteiger partial charge on any atom is 0.418 e. The molecule has 6 heteroatoms. The molecule has 0 bridgehead atoms. The summed E-state index contributed by atoms with van der Waals surface area (Å²) in [4.78, 5) is 6.44. The number of hydrogen-bond acceptors (Lipinski definition) is 1. The van der Waals surface area contributed by atoms with Gasteiger partial charge in [-0.1, -0.05) is 0 Å². The van der Waals surface area contributed by atoms with Gasteiger partial charge in [0, 0.05) is 21.4 Å². The molecular formula is C8H4F3IN2. The molecule has 0 aliphatic rings. The molecule has 0 aliphatic heterocycles. The maximum atomic E-state index is 12.4. The fourth-order valence-corrected chi connectivity index (χ4v) is 2.05. The molecule has 0 fully saturated rings. The van der Waals surface area contributed by atoms with Crippen molar-refractivity contribution in [3.05, 3.63) is 27.6 Å². The fraction of sp³-hybridized carbons (Fsp3) is 0.125. The Balaban J connectivity index is 2.74. The van der Waals surface area contributed by atoms with Gasteiger partial charge in [0.1, 0.15) is 5.65 Å². The monoisotopic (exact) mass is 312 g/mol. The first-order valence-electron chi connectivity index (χ1n) is 3.69. The van der Waals surface area contributed by atoms with Gasteiger partial charge in [-0.2, -0.15) is 13.2 Å². The van der Waals surface area contributed by atoms with Crippen LogP contribution in [0.5, 0.6) is 0 Å². The molecule has 2 aromatic heterocycles.